The van der Waals surface area contributed by atoms with Crippen LogP contribution in [0.15, 0.2) is 36.5 Å². The molecule has 0 aliphatic carbocycles. The Labute approximate surface area is 111 Å². The van der Waals surface area contributed by atoms with E-state index in [-0.39, 0.29) is 5.82 Å². The molecule has 0 saturated heterocycles. The van der Waals surface area contributed by atoms with Gasteiger partial charge in [0.25, 0.3) is 0 Å². The summed E-state index contributed by atoms with van der Waals surface area (Å²) in [6.45, 7) is 4.49. The number of aromatic nitrogens is 1. The van der Waals surface area contributed by atoms with Crippen molar-refractivity contribution in [2.45, 2.75) is 20.0 Å². The van der Waals surface area contributed by atoms with Crippen LogP contribution >= 0.6 is 11.6 Å². The van der Waals surface area contributed by atoms with E-state index in [1.165, 1.54) is 17.8 Å². The first kappa shape index (κ1) is 13.1. The minimum atomic E-state index is -0.302. The van der Waals surface area contributed by atoms with Crippen molar-refractivity contribution in [1.29, 1.82) is 0 Å². The Kier molecular flexibility index (Phi) is 4.39. The van der Waals surface area contributed by atoms with Crippen LogP contribution in [-0.2, 0) is 13.1 Å². The Morgan fingerprint density at radius 1 is 1.33 bits per heavy atom. The lowest BCUT2D eigenvalue weighted by atomic mass is 10.2. The Morgan fingerprint density at radius 3 is 2.89 bits per heavy atom. The fraction of sp³-hybridized carbons (Fsp3) is 0.286. The number of halogens is 2. The molecular formula is C14H16ClFN2. The average Bonchev–Trinajstić information content (AvgIpc) is 2.77. The van der Waals surface area contributed by atoms with Gasteiger partial charge in [0.15, 0.2) is 0 Å². The molecule has 0 atom stereocenters. The topological polar surface area (TPSA) is 17.0 Å². The number of rotatable bonds is 5. The van der Waals surface area contributed by atoms with Crippen molar-refractivity contribution in [3.63, 3.8) is 0 Å². The number of nitrogens with zero attached hydrogens (tertiary/aromatic N) is 1. The predicted octanol–water partition coefficient (Wildman–Crippen LogP) is 3.44. The molecule has 2 rings (SSSR count). The summed E-state index contributed by atoms with van der Waals surface area (Å²) >= 11 is 6.03. The zero-order valence-electron chi connectivity index (χ0n) is 10.3. The van der Waals surface area contributed by atoms with Gasteiger partial charge in [0.2, 0.25) is 0 Å². The predicted molar refractivity (Wildman–Crippen MR) is 72.3 cm³/mol. The normalized spacial score (nSPS) is 10.8. The highest BCUT2D eigenvalue weighted by atomic mass is 35.5. The number of hydrogen-bond donors (Lipinski definition) is 1. The van der Waals surface area contributed by atoms with Crippen LogP contribution in [-0.4, -0.2) is 11.1 Å². The van der Waals surface area contributed by atoms with Crippen molar-refractivity contribution in [3.05, 3.63) is 58.6 Å². The number of hydrogen-bond acceptors (Lipinski definition) is 1. The van der Waals surface area contributed by atoms with Gasteiger partial charge in [-0.15, -0.1) is 0 Å². The van der Waals surface area contributed by atoms with Crippen LogP contribution in [0.5, 0.6) is 0 Å². The van der Waals surface area contributed by atoms with Gasteiger partial charge in [-0.25, -0.2) is 4.39 Å². The van der Waals surface area contributed by atoms with Crippen LogP contribution in [0, 0.1) is 5.82 Å². The largest absolute Gasteiger partial charge is 0.346 e. The zero-order chi connectivity index (χ0) is 13.0. The van der Waals surface area contributed by atoms with Crippen LogP contribution in [0.2, 0.25) is 5.02 Å². The summed E-state index contributed by atoms with van der Waals surface area (Å²) < 4.78 is 15.1. The molecule has 1 heterocycles. The third-order valence-corrected chi connectivity index (χ3v) is 3.19. The molecule has 18 heavy (non-hydrogen) atoms. The molecule has 0 saturated carbocycles. The van der Waals surface area contributed by atoms with Gasteiger partial charge in [-0.3, -0.25) is 0 Å². The first-order valence-corrected chi connectivity index (χ1v) is 6.37. The molecule has 2 nitrogen and oxygen atoms in total. The lowest BCUT2D eigenvalue weighted by Gasteiger charge is -2.11. The van der Waals surface area contributed by atoms with E-state index >= 15 is 0 Å². The van der Waals surface area contributed by atoms with E-state index in [1.54, 1.807) is 6.07 Å². The van der Waals surface area contributed by atoms with Crippen LogP contribution in [0.3, 0.4) is 0 Å². The summed E-state index contributed by atoms with van der Waals surface area (Å²) in [5, 5.41) is 3.76. The monoisotopic (exact) mass is 266 g/mol. The van der Waals surface area contributed by atoms with Crippen LogP contribution < -0.4 is 5.32 Å². The second kappa shape index (κ2) is 6.03. The second-order valence-electron chi connectivity index (χ2n) is 4.14. The van der Waals surface area contributed by atoms with E-state index in [2.05, 4.69) is 22.9 Å². The molecule has 2 aromatic rings. The molecule has 0 aliphatic heterocycles. The summed E-state index contributed by atoms with van der Waals surface area (Å²) in [4.78, 5) is 0. The molecule has 1 aromatic carbocycles. The zero-order valence-corrected chi connectivity index (χ0v) is 11.0. The van der Waals surface area contributed by atoms with Crippen LogP contribution in [0.4, 0.5) is 4.39 Å². The molecule has 0 aliphatic rings. The molecule has 0 amide bonds. The van der Waals surface area contributed by atoms with Crippen molar-refractivity contribution in [2.75, 3.05) is 6.54 Å². The van der Waals surface area contributed by atoms with Gasteiger partial charge in [-0.2, -0.15) is 0 Å². The molecule has 0 spiro atoms. The quantitative estimate of drug-likeness (QED) is 0.877. The SMILES string of the molecule is CCNCc1cccn1Cc1ccc(F)cc1Cl. The molecule has 4 heteroatoms. The first-order valence-electron chi connectivity index (χ1n) is 5.99. The highest BCUT2D eigenvalue weighted by Crippen LogP contribution is 2.19. The molecule has 0 radical (unpaired) electrons. The van der Waals surface area contributed by atoms with Crippen molar-refractivity contribution in [1.82, 2.24) is 9.88 Å². The van der Waals surface area contributed by atoms with Gasteiger partial charge in [0.05, 0.1) is 0 Å². The molecular weight excluding hydrogens is 251 g/mol. The maximum Gasteiger partial charge on any atom is 0.124 e. The Morgan fingerprint density at radius 2 is 2.17 bits per heavy atom. The Hall–Kier alpha value is -1.32. The minimum absolute atomic E-state index is 0.302. The summed E-state index contributed by atoms with van der Waals surface area (Å²) in [6.07, 6.45) is 2.01. The standard InChI is InChI=1S/C14H16ClFN2/c1-2-17-9-13-4-3-7-18(13)10-11-5-6-12(16)8-14(11)15/h3-8,17H,2,9-10H2,1H3. The van der Waals surface area contributed by atoms with E-state index in [0.717, 1.165) is 18.7 Å². The lowest BCUT2D eigenvalue weighted by molar-refractivity contribution is 0.625. The fourth-order valence-corrected chi connectivity index (χ4v) is 2.08. The smallest absolute Gasteiger partial charge is 0.124 e. The maximum atomic E-state index is 13.0. The summed E-state index contributed by atoms with van der Waals surface area (Å²) in [7, 11) is 0. The van der Waals surface area contributed by atoms with E-state index in [4.69, 9.17) is 11.6 Å². The molecule has 1 N–H and O–H groups in total. The molecule has 1 aromatic heterocycles. The number of benzene rings is 1. The third-order valence-electron chi connectivity index (χ3n) is 2.84. The van der Waals surface area contributed by atoms with E-state index in [1.807, 2.05) is 12.3 Å². The summed E-state index contributed by atoms with van der Waals surface area (Å²) in [5.74, 6) is -0.302. The minimum Gasteiger partial charge on any atom is -0.346 e. The Balaban J connectivity index is 2.15. The van der Waals surface area contributed by atoms with Crippen molar-refractivity contribution >= 4 is 11.6 Å². The molecule has 96 valence electrons. The lowest BCUT2D eigenvalue weighted by Crippen LogP contribution is -2.15. The van der Waals surface area contributed by atoms with Gasteiger partial charge in [0.1, 0.15) is 5.82 Å². The molecule has 0 fully saturated rings. The average molecular weight is 267 g/mol. The van der Waals surface area contributed by atoms with E-state index in [0.29, 0.717) is 11.6 Å². The molecule has 0 unspecified atom stereocenters. The summed E-state index contributed by atoms with van der Waals surface area (Å²) in [5.41, 5.74) is 2.12. The van der Waals surface area contributed by atoms with E-state index in [9.17, 15) is 4.39 Å². The van der Waals surface area contributed by atoms with Gasteiger partial charge in [-0.1, -0.05) is 24.6 Å². The van der Waals surface area contributed by atoms with Gasteiger partial charge >= 0.3 is 0 Å². The maximum absolute atomic E-state index is 13.0. The van der Waals surface area contributed by atoms with Gasteiger partial charge in [0, 0.05) is 30.0 Å². The van der Waals surface area contributed by atoms with Crippen molar-refractivity contribution in [3.8, 4) is 0 Å². The van der Waals surface area contributed by atoms with Gasteiger partial charge in [-0.05, 0) is 36.4 Å². The Bertz CT molecular complexity index is 522. The molecule has 0 bridgehead atoms. The van der Waals surface area contributed by atoms with Gasteiger partial charge < -0.3 is 9.88 Å². The second-order valence-corrected chi connectivity index (χ2v) is 4.55. The van der Waals surface area contributed by atoms with E-state index < -0.39 is 0 Å². The first-order chi connectivity index (χ1) is 8.70. The third kappa shape index (κ3) is 3.12. The van der Waals surface area contributed by atoms with Crippen molar-refractivity contribution in [2.24, 2.45) is 0 Å². The van der Waals surface area contributed by atoms with Crippen molar-refractivity contribution < 1.29 is 4.39 Å². The summed E-state index contributed by atoms with van der Waals surface area (Å²) in [6, 6.07) is 8.60. The fourth-order valence-electron chi connectivity index (χ4n) is 1.85. The highest BCUT2D eigenvalue weighted by Gasteiger charge is 2.05. The number of nitrogens with one attached hydrogen (secondary N) is 1. The van der Waals surface area contributed by atoms with Crippen LogP contribution in [0.25, 0.3) is 0 Å². The highest BCUT2D eigenvalue weighted by molar-refractivity contribution is 6.31. The van der Waals surface area contributed by atoms with Crippen LogP contribution in [0.1, 0.15) is 18.2 Å².